The molecule has 1 saturated heterocycles. The van der Waals surface area contributed by atoms with Crippen LogP contribution in [0.3, 0.4) is 0 Å². The van der Waals surface area contributed by atoms with Gasteiger partial charge in [0.15, 0.2) is 11.5 Å². The summed E-state index contributed by atoms with van der Waals surface area (Å²) in [5.41, 5.74) is 0.764. The molecule has 0 bridgehead atoms. The zero-order chi connectivity index (χ0) is 15.9. The average molecular weight is 303 g/mol. The molecule has 2 aliphatic rings. The molecule has 1 aliphatic heterocycles. The second kappa shape index (κ2) is 5.30. The molecular weight excluding hydrogens is 282 g/mol. The van der Waals surface area contributed by atoms with Gasteiger partial charge in [-0.15, -0.1) is 0 Å². The van der Waals surface area contributed by atoms with Gasteiger partial charge in [-0.3, -0.25) is 9.59 Å². The Hall–Kier alpha value is -2.04. The zero-order valence-corrected chi connectivity index (χ0v) is 13.2. The Morgan fingerprint density at radius 2 is 1.91 bits per heavy atom. The number of ketones is 1. The molecule has 0 spiro atoms. The molecule has 1 heterocycles. The Labute approximate surface area is 130 Å². The quantitative estimate of drug-likeness (QED) is 0.856. The van der Waals surface area contributed by atoms with Gasteiger partial charge in [-0.1, -0.05) is 6.07 Å². The highest BCUT2D eigenvalue weighted by Crippen LogP contribution is 2.49. The van der Waals surface area contributed by atoms with Crippen LogP contribution in [0, 0.1) is 0 Å². The number of likely N-dealkylation sites (N-methyl/N-ethyl adjacent to an activating group) is 1. The van der Waals surface area contributed by atoms with E-state index in [0.717, 1.165) is 5.56 Å². The number of methoxy groups -OCH3 is 2. The van der Waals surface area contributed by atoms with Crippen molar-refractivity contribution in [1.82, 2.24) is 4.90 Å². The van der Waals surface area contributed by atoms with E-state index in [1.54, 1.807) is 26.2 Å². The Balaban J connectivity index is 2.08. The minimum atomic E-state index is -0.292. The van der Waals surface area contributed by atoms with E-state index in [4.69, 9.17) is 9.47 Å². The van der Waals surface area contributed by atoms with Gasteiger partial charge in [0.25, 0.3) is 0 Å². The summed E-state index contributed by atoms with van der Waals surface area (Å²) in [6.07, 6.45) is 2.14. The van der Waals surface area contributed by atoms with Crippen molar-refractivity contribution in [3.05, 3.63) is 23.8 Å². The molecule has 2 atom stereocenters. The maximum Gasteiger partial charge on any atom is 0.223 e. The number of hydrogen-bond donors (Lipinski definition) is 0. The number of fused-ring (bicyclic) bond motifs is 1. The largest absolute Gasteiger partial charge is 0.493 e. The molecule has 0 aromatic heterocycles. The van der Waals surface area contributed by atoms with Gasteiger partial charge in [-0.25, -0.2) is 0 Å². The van der Waals surface area contributed by atoms with Crippen LogP contribution in [-0.4, -0.2) is 43.9 Å². The molecule has 1 aromatic carbocycles. The highest BCUT2D eigenvalue weighted by Gasteiger charge is 2.54. The van der Waals surface area contributed by atoms with Gasteiger partial charge in [0.1, 0.15) is 5.78 Å². The molecule has 118 valence electrons. The smallest absolute Gasteiger partial charge is 0.223 e. The van der Waals surface area contributed by atoms with E-state index in [9.17, 15) is 9.59 Å². The second-order valence-electron chi connectivity index (χ2n) is 6.17. The minimum absolute atomic E-state index is 0.0562. The van der Waals surface area contributed by atoms with Gasteiger partial charge in [-0.2, -0.15) is 0 Å². The first-order valence-electron chi connectivity index (χ1n) is 7.51. The van der Waals surface area contributed by atoms with Gasteiger partial charge in [0.05, 0.1) is 14.2 Å². The number of carbonyl (C=O) groups is 2. The first-order valence-corrected chi connectivity index (χ1v) is 7.51. The van der Waals surface area contributed by atoms with E-state index in [2.05, 4.69) is 0 Å². The number of benzene rings is 1. The lowest BCUT2D eigenvalue weighted by Gasteiger charge is -2.40. The first-order chi connectivity index (χ1) is 10.5. The predicted molar refractivity (Wildman–Crippen MR) is 81.3 cm³/mol. The van der Waals surface area contributed by atoms with Crippen LogP contribution >= 0.6 is 0 Å². The maximum absolute atomic E-state index is 12.3. The Morgan fingerprint density at radius 1 is 1.18 bits per heavy atom. The average Bonchev–Trinajstić information content (AvgIpc) is 2.79. The Morgan fingerprint density at radius 3 is 2.59 bits per heavy atom. The standard InChI is InChI=1S/C17H21NO4/c1-18-15-9-12(19)6-7-17(15,10-16(18)20)11-4-5-13(21-2)14(8-11)22-3/h4-5,8,15H,6-7,9-10H2,1-3H3/t15-,17-/m1/s1. The fourth-order valence-corrected chi connectivity index (χ4v) is 3.91. The van der Waals surface area contributed by atoms with Gasteiger partial charge in [-0.05, 0) is 24.1 Å². The van der Waals surface area contributed by atoms with Crippen molar-refractivity contribution in [2.75, 3.05) is 21.3 Å². The highest BCUT2D eigenvalue weighted by atomic mass is 16.5. The number of hydrogen-bond acceptors (Lipinski definition) is 4. The highest BCUT2D eigenvalue weighted by molar-refractivity contribution is 5.87. The van der Waals surface area contributed by atoms with Crippen LogP contribution in [0.4, 0.5) is 0 Å². The fraction of sp³-hybridized carbons (Fsp3) is 0.529. The number of nitrogens with zero attached hydrogens (tertiary/aromatic N) is 1. The van der Waals surface area contributed by atoms with E-state index >= 15 is 0 Å². The van der Waals surface area contributed by atoms with E-state index in [0.29, 0.717) is 37.2 Å². The molecule has 0 radical (unpaired) electrons. The molecule has 1 aliphatic carbocycles. The van der Waals surface area contributed by atoms with Crippen LogP contribution in [-0.2, 0) is 15.0 Å². The second-order valence-corrected chi connectivity index (χ2v) is 6.17. The molecule has 1 amide bonds. The van der Waals surface area contributed by atoms with E-state index in [1.165, 1.54) is 0 Å². The summed E-state index contributed by atoms with van der Waals surface area (Å²) in [6, 6.07) is 5.77. The Kier molecular flexibility index (Phi) is 3.59. The van der Waals surface area contributed by atoms with Gasteiger partial charge in [0.2, 0.25) is 5.91 Å². The molecule has 2 fully saturated rings. The van der Waals surface area contributed by atoms with Gasteiger partial charge in [0, 0.05) is 37.8 Å². The Bertz CT molecular complexity index is 627. The van der Waals surface area contributed by atoms with Crippen molar-refractivity contribution in [2.45, 2.75) is 37.1 Å². The summed E-state index contributed by atoms with van der Waals surface area (Å²) in [4.78, 5) is 25.9. The molecule has 0 N–H and O–H groups in total. The summed E-state index contributed by atoms with van der Waals surface area (Å²) in [5.74, 6) is 1.67. The minimum Gasteiger partial charge on any atom is -0.493 e. The van der Waals surface area contributed by atoms with Gasteiger partial charge < -0.3 is 14.4 Å². The maximum atomic E-state index is 12.3. The topological polar surface area (TPSA) is 55.8 Å². The monoisotopic (exact) mass is 303 g/mol. The third-order valence-electron chi connectivity index (χ3n) is 5.19. The molecule has 3 rings (SSSR count). The van der Waals surface area contributed by atoms with Crippen molar-refractivity contribution in [2.24, 2.45) is 0 Å². The fourth-order valence-electron chi connectivity index (χ4n) is 3.91. The number of Topliss-reactive ketones (excluding diaryl/α,β-unsaturated/α-hetero) is 1. The molecule has 1 saturated carbocycles. The van der Waals surface area contributed by atoms with Crippen LogP contribution < -0.4 is 9.47 Å². The number of carbonyl (C=O) groups excluding carboxylic acids is 2. The van der Waals surface area contributed by atoms with Crippen LogP contribution in [0.15, 0.2) is 18.2 Å². The lowest BCUT2D eigenvalue weighted by Crippen LogP contribution is -2.46. The number of amides is 1. The third kappa shape index (κ3) is 2.07. The predicted octanol–water partition coefficient (Wildman–Crippen LogP) is 1.93. The SMILES string of the molecule is COc1ccc([C@]23CCC(=O)C[C@H]2N(C)C(=O)C3)cc1OC. The number of ether oxygens (including phenoxy) is 2. The van der Waals surface area contributed by atoms with E-state index in [-0.39, 0.29) is 23.1 Å². The van der Waals surface area contributed by atoms with Crippen molar-refractivity contribution >= 4 is 11.7 Å². The molecule has 22 heavy (non-hydrogen) atoms. The van der Waals surface area contributed by atoms with E-state index in [1.807, 2.05) is 18.2 Å². The first kappa shape index (κ1) is 14.9. The third-order valence-corrected chi connectivity index (χ3v) is 5.19. The van der Waals surface area contributed by atoms with Crippen molar-refractivity contribution < 1.29 is 19.1 Å². The normalized spacial score (nSPS) is 27.8. The molecule has 0 unspecified atom stereocenters. The molecule has 1 aromatic rings. The van der Waals surface area contributed by atoms with Crippen LogP contribution in [0.2, 0.25) is 0 Å². The van der Waals surface area contributed by atoms with Crippen LogP contribution in [0.5, 0.6) is 11.5 Å². The number of likely N-dealkylation sites (tertiary alicyclic amines) is 1. The van der Waals surface area contributed by atoms with E-state index < -0.39 is 0 Å². The lowest BCUT2D eigenvalue weighted by atomic mass is 9.66. The molecule has 5 heteroatoms. The molecule has 5 nitrogen and oxygen atoms in total. The number of rotatable bonds is 3. The summed E-state index contributed by atoms with van der Waals surface area (Å²) in [6.45, 7) is 0. The lowest BCUT2D eigenvalue weighted by molar-refractivity contribution is -0.128. The van der Waals surface area contributed by atoms with Gasteiger partial charge >= 0.3 is 0 Å². The summed E-state index contributed by atoms with van der Waals surface area (Å²) in [7, 11) is 5.01. The van der Waals surface area contributed by atoms with Crippen molar-refractivity contribution in [3.8, 4) is 11.5 Å². The van der Waals surface area contributed by atoms with Crippen molar-refractivity contribution in [1.29, 1.82) is 0 Å². The summed E-state index contributed by atoms with van der Waals surface area (Å²) >= 11 is 0. The van der Waals surface area contributed by atoms with Crippen LogP contribution in [0.25, 0.3) is 0 Å². The summed E-state index contributed by atoms with van der Waals surface area (Å²) in [5, 5.41) is 0. The van der Waals surface area contributed by atoms with Crippen LogP contribution in [0.1, 0.15) is 31.2 Å². The molecular formula is C17H21NO4. The summed E-state index contributed by atoms with van der Waals surface area (Å²) < 4.78 is 10.7. The van der Waals surface area contributed by atoms with Crippen molar-refractivity contribution in [3.63, 3.8) is 0 Å². The zero-order valence-electron chi connectivity index (χ0n) is 13.2.